The predicted octanol–water partition coefficient (Wildman–Crippen LogP) is 3.22. The van der Waals surface area contributed by atoms with Gasteiger partial charge in [0.15, 0.2) is 0 Å². The molecule has 0 unspecified atom stereocenters. The van der Waals surface area contributed by atoms with E-state index in [4.69, 9.17) is 0 Å². The number of nitrogens with zero attached hydrogens (tertiary/aromatic N) is 6. The van der Waals surface area contributed by atoms with Gasteiger partial charge >= 0.3 is 0 Å². The molecular formula is C15H12N6. The van der Waals surface area contributed by atoms with E-state index >= 15 is 0 Å². The third-order valence-corrected chi connectivity index (χ3v) is 2.78. The van der Waals surface area contributed by atoms with Crippen molar-refractivity contribution in [1.29, 1.82) is 0 Å². The summed E-state index contributed by atoms with van der Waals surface area (Å²) in [5, 5.41) is 15.9. The van der Waals surface area contributed by atoms with Crippen molar-refractivity contribution < 1.29 is 0 Å². The summed E-state index contributed by atoms with van der Waals surface area (Å²) in [6.45, 7) is 0.460. The van der Waals surface area contributed by atoms with Crippen LogP contribution in [0.15, 0.2) is 71.3 Å². The van der Waals surface area contributed by atoms with Gasteiger partial charge in [-0.2, -0.15) is 10.2 Å². The van der Waals surface area contributed by atoms with Gasteiger partial charge in [-0.25, -0.2) is 4.98 Å². The van der Waals surface area contributed by atoms with Crippen LogP contribution in [0.4, 0.5) is 5.95 Å². The van der Waals surface area contributed by atoms with Crippen LogP contribution in [-0.2, 0) is 6.54 Å². The van der Waals surface area contributed by atoms with Gasteiger partial charge in [-0.1, -0.05) is 30.3 Å². The molecular weight excluding hydrogens is 264 g/mol. The lowest BCUT2D eigenvalue weighted by Crippen LogP contribution is -1.89. The van der Waals surface area contributed by atoms with Crippen LogP contribution in [0.5, 0.6) is 0 Å². The number of benzene rings is 1. The van der Waals surface area contributed by atoms with E-state index in [2.05, 4.69) is 30.4 Å². The van der Waals surface area contributed by atoms with Crippen molar-refractivity contribution in [1.82, 2.24) is 20.2 Å². The molecule has 2 aromatic heterocycles. The van der Waals surface area contributed by atoms with Gasteiger partial charge in [-0.05, 0) is 17.7 Å². The molecule has 0 atom stereocenters. The molecule has 0 amide bonds. The predicted molar refractivity (Wildman–Crippen MR) is 77.7 cm³/mol. The van der Waals surface area contributed by atoms with Gasteiger partial charge in [0.2, 0.25) is 0 Å². The molecule has 0 saturated heterocycles. The molecule has 21 heavy (non-hydrogen) atoms. The van der Waals surface area contributed by atoms with Crippen LogP contribution in [0.2, 0.25) is 0 Å². The van der Waals surface area contributed by atoms with E-state index in [-0.39, 0.29) is 5.95 Å². The van der Waals surface area contributed by atoms with Gasteiger partial charge in [0.05, 0.1) is 18.4 Å². The van der Waals surface area contributed by atoms with Crippen LogP contribution in [0.25, 0.3) is 11.3 Å². The molecule has 0 spiro atoms. The molecule has 0 aliphatic heterocycles. The van der Waals surface area contributed by atoms with Crippen molar-refractivity contribution in [2.24, 2.45) is 10.2 Å². The lowest BCUT2D eigenvalue weighted by atomic mass is 10.2. The Labute approximate surface area is 121 Å². The molecule has 0 bridgehead atoms. The van der Waals surface area contributed by atoms with Gasteiger partial charge in [-0.3, -0.25) is 4.98 Å². The van der Waals surface area contributed by atoms with E-state index < -0.39 is 0 Å². The molecule has 3 aromatic rings. The number of aromatic nitrogens is 4. The van der Waals surface area contributed by atoms with Crippen molar-refractivity contribution in [3.8, 4) is 11.3 Å². The summed E-state index contributed by atoms with van der Waals surface area (Å²) in [7, 11) is 0. The van der Waals surface area contributed by atoms with Gasteiger partial charge in [0, 0.05) is 18.0 Å². The second-order valence-electron chi connectivity index (χ2n) is 4.26. The third kappa shape index (κ3) is 3.50. The fourth-order valence-electron chi connectivity index (χ4n) is 1.75. The zero-order chi connectivity index (χ0) is 14.3. The Morgan fingerprint density at radius 2 is 1.76 bits per heavy atom. The first-order chi connectivity index (χ1) is 10.4. The smallest absolute Gasteiger partial charge is 0.265 e. The van der Waals surface area contributed by atoms with Gasteiger partial charge in [-0.15, -0.1) is 10.2 Å². The van der Waals surface area contributed by atoms with Gasteiger partial charge in [0.1, 0.15) is 0 Å². The second-order valence-corrected chi connectivity index (χ2v) is 4.26. The molecule has 0 fully saturated rings. The molecule has 1 aromatic carbocycles. The molecule has 102 valence electrons. The number of azo groups is 1. The van der Waals surface area contributed by atoms with Crippen molar-refractivity contribution in [2.45, 2.75) is 6.54 Å². The highest BCUT2D eigenvalue weighted by Gasteiger charge is 2.01. The van der Waals surface area contributed by atoms with Crippen molar-refractivity contribution in [2.75, 3.05) is 0 Å². The molecule has 0 aliphatic carbocycles. The minimum atomic E-state index is 0.255. The van der Waals surface area contributed by atoms with E-state index in [9.17, 15) is 0 Å². The number of pyridine rings is 1. The van der Waals surface area contributed by atoms with Crippen LogP contribution in [0, 0.1) is 0 Å². The number of rotatable bonds is 4. The first kappa shape index (κ1) is 13.0. The molecule has 0 aliphatic rings. The molecule has 3 rings (SSSR count). The Morgan fingerprint density at radius 1 is 0.952 bits per heavy atom. The first-order valence-electron chi connectivity index (χ1n) is 6.43. The first-order valence-corrected chi connectivity index (χ1v) is 6.43. The van der Waals surface area contributed by atoms with Crippen molar-refractivity contribution in [3.63, 3.8) is 0 Å². The average Bonchev–Trinajstić information content (AvgIpc) is 2.57. The van der Waals surface area contributed by atoms with Gasteiger partial charge in [0.25, 0.3) is 5.95 Å². The van der Waals surface area contributed by atoms with Crippen molar-refractivity contribution in [3.05, 3.63) is 66.6 Å². The summed E-state index contributed by atoms with van der Waals surface area (Å²) in [5.41, 5.74) is 2.72. The van der Waals surface area contributed by atoms with Crippen molar-refractivity contribution >= 4 is 5.95 Å². The highest BCUT2D eigenvalue weighted by molar-refractivity contribution is 5.58. The largest absolute Gasteiger partial charge is 0.287 e. The second kappa shape index (κ2) is 6.42. The van der Waals surface area contributed by atoms with E-state index in [1.165, 1.54) is 0 Å². The molecule has 2 heterocycles. The Balaban J connectivity index is 1.75. The lowest BCUT2D eigenvalue weighted by Gasteiger charge is -1.99. The topological polar surface area (TPSA) is 76.3 Å². The summed E-state index contributed by atoms with van der Waals surface area (Å²) in [4.78, 5) is 8.28. The third-order valence-electron chi connectivity index (χ3n) is 2.78. The number of hydrogen-bond donors (Lipinski definition) is 0. The van der Waals surface area contributed by atoms with Crippen LogP contribution in [0.3, 0.4) is 0 Å². The molecule has 0 saturated carbocycles. The monoisotopic (exact) mass is 276 g/mol. The Hall–Kier alpha value is -3.02. The highest BCUT2D eigenvalue weighted by Crippen LogP contribution is 2.16. The zero-order valence-corrected chi connectivity index (χ0v) is 11.2. The summed E-state index contributed by atoms with van der Waals surface area (Å²) < 4.78 is 0. The van der Waals surface area contributed by atoms with E-state index in [1.54, 1.807) is 18.6 Å². The SMILES string of the molecule is c1ccc(-c2cnnc(N=NCc3ccncc3)n2)cc1. The minimum Gasteiger partial charge on any atom is -0.265 e. The van der Waals surface area contributed by atoms with Crippen LogP contribution in [0.1, 0.15) is 5.56 Å². The fraction of sp³-hybridized carbons (Fsp3) is 0.0667. The summed E-state index contributed by atoms with van der Waals surface area (Å²) in [6, 6.07) is 13.5. The number of hydrogen-bond acceptors (Lipinski definition) is 6. The van der Waals surface area contributed by atoms with Crippen LogP contribution in [-0.4, -0.2) is 20.2 Å². The molecule has 6 heteroatoms. The average molecular weight is 276 g/mol. The highest BCUT2D eigenvalue weighted by atomic mass is 15.3. The van der Waals surface area contributed by atoms with Gasteiger partial charge < -0.3 is 0 Å². The molecule has 6 nitrogen and oxygen atoms in total. The standard InChI is InChI=1S/C15H12N6/c1-2-4-13(5-3-1)14-11-18-21-15(19-14)20-17-10-12-6-8-16-9-7-12/h1-9,11H,10H2. The Kier molecular flexibility index (Phi) is 3.97. The maximum absolute atomic E-state index is 4.33. The van der Waals surface area contributed by atoms with E-state index in [0.29, 0.717) is 6.54 Å². The van der Waals surface area contributed by atoms with E-state index in [1.807, 2.05) is 42.5 Å². The van der Waals surface area contributed by atoms with E-state index in [0.717, 1.165) is 16.8 Å². The quantitative estimate of drug-likeness (QED) is 0.685. The van der Waals surface area contributed by atoms with Crippen LogP contribution < -0.4 is 0 Å². The Bertz CT molecular complexity index is 727. The summed E-state index contributed by atoms with van der Waals surface area (Å²) in [6.07, 6.45) is 5.05. The normalized spacial score (nSPS) is 10.9. The molecule has 0 radical (unpaired) electrons. The zero-order valence-electron chi connectivity index (χ0n) is 11.2. The van der Waals surface area contributed by atoms with Crippen LogP contribution >= 0.6 is 0 Å². The Morgan fingerprint density at radius 3 is 2.57 bits per heavy atom. The fourth-order valence-corrected chi connectivity index (χ4v) is 1.75. The summed E-state index contributed by atoms with van der Waals surface area (Å²) in [5.74, 6) is 0.255. The molecule has 0 N–H and O–H groups in total. The maximum Gasteiger partial charge on any atom is 0.287 e. The minimum absolute atomic E-state index is 0.255. The summed E-state index contributed by atoms with van der Waals surface area (Å²) >= 11 is 0. The lowest BCUT2D eigenvalue weighted by molar-refractivity contribution is 0.887. The maximum atomic E-state index is 4.33.